The van der Waals surface area contributed by atoms with Gasteiger partial charge >= 0.3 is 0 Å². The summed E-state index contributed by atoms with van der Waals surface area (Å²) in [6.45, 7) is 4.63. The summed E-state index contributed by atoms with van der Waals surface area (Å²) in [6.07, 6.45) is 1.27. The Kier molecular flexibility index (Phi) is 4.10. The third-order valence-electron chi connectivity index (χ3n) is 2.73. The lowest BCUT2D eigenvalue weighted by Crippen LogP contribution is -2.41. The van der Waals surface area contributed by atoms with E-state index in [1.165, 1.54) is 6.26 Å². The van der Waals surface area contributed by atoms with Gasteiger partial charge in [-0.05, 0) is 19.4 Å². The van der Waals surface area contributed by atoms with Crippen molar-refractivity contribution in [3.05, 3.63) is 35.9 Å². The summed E-state index contributed by atoms with van der Waals surface area (Å²) >= 11 is 0. The van der Waals surface area contributed by atoms with Crippen LogP contribution >= 0.6 is 0 Å². The highest BCUT2D eigenvalue weighted by molar-refractivity contribution is 7.92. The maximum Gasteiger partial charge on any atom is 0.153 e. The topological polar surface area (TPSA) is 46.2 Å². The molecule has 0 aromatic heterocycles. The molecule has 0 aliphatic rings. The molecule has 0 spiro atoms. The lowest BCUT2D eigenvalue weighted by atomic mass is 10.2. The van der Waals surface area contributed by atoms with E-state index in [0.29, 0.717) is 13.1 Å². The van der Waals surface area contributed by atoms with Crippen molar-refractivity contribution >= 4 is 9.84 Å². The van der Waals surface area contributed by atoms with Crippen LogP contribution in [-0.2, 0) is 16.4 Å². The summed E-state index contributed by atoms with van der Waals surface area (Å²) < 4.78 is 22.2. The van der Waals surface area contributed by atoms with Crippen LogP contribution in [0.5, 0.6) is 0 Å². The van der Waals surface area contributed by atoms with Gasteiger partial charge in [0.15, 0.2) is 9.84 Å². The van der Waals surface area contributed by atoms with Crippen molar-refractivity contribution in [2.45, 2.75) is 25.1 Å². The maximum absolute atomic E-state index is 11.5. The van der Waals surface area contributed by atoms with Gasteiger partial charge in [-0.3, -0.25) is 0 Å². The molecule has 1 aromatic carbocycles. The average molecular weight is 241 g/mol. The van der Waals surface area contributed by atoms with Crippen LogP contribution in [0.4, 0.5) is 0 Å². The molecule has 1 aromatic rings. The standard InChI is InChI=1S/C12H19NO2S/c1-12(2,16(3,14)15)10-13-9-11-7-5-4-6-8-11/h4-8,13H,9-10H2,1-3H3. The van der Waals surface area contributed by atoms with Crippen molar-refractivity contribution in [1.29, 1.82) is 0 Å². The molecule has 0 atom stereocenters. The van der Waals surface area contributed by atoms with Crippen molar-refractivity contribution in [2.75, 3.05) is 12.8 Å². The summed E-state index contributed by atoms with van der Waals surface area (Å²) in [6, 6.07) is 9.93. The first-order valence-corrected chi connectivity index (χ1v) is 7.16. The number of hydrogen-bond acceptors (Lipinski definition) is 3. The fourth-order valence-corrected chi connectivity index (χ4v) is 1.60. The zero-order valence-corrected chi connectivity index (χ0v) is 10.8. The van der Waals surface area contributed by atoms with Gasteiger partial charge in [-0.2, -0.15) is 0 Å². The molecule has 1 N–H and O–H groups in total. The second-order valence-corrected chi connectivity index (χ2v) is 7.27. The molecule has 0 saturated heterocycles. The SMILES string of the molecule is CC(C)(CNCc1ccccc1)S(C)(=O)=O. The minimum absolute atomic E-state index is 0.459. The summed E-state index contributed by atoms with van der Waals surface area (Å²) in [5.74, 6) is 0. The average Bonchev–Trinajstić information content (AvgIpc) is 2.17. The Bertz CT molecular complexity index is 424. The first kappa shape index (κ1) is 13.2. The molecule has 0 unspecified atom stereocenters. The number of hydrogen-bond donors (Lipinski definition) is 1. The molecule has 0 saturated carbocycles. The van der Waals surface area contributed by atoms with E-state index in [4.69, 9.17) is 0 Å². The van der Waals surface area contributed by atoms with Gasteiger partial charge in [-0.15, -0.1) is 0 Å². The Labute approximate surface area is 97.8 Å². The van der Waals surface area contributed by atoms with E-state index in [-0.39, 0.29) is 0 Å². The van der Waals surface area contributed by atoms with Crippen molar-refractivity contribution < 1.29 is 8.42 Å². The van der Waals surface area contributed by atoms with Crippen LogP contribution in [0.15, 0.2) is 30.3 Å². The van der Waals surface area contributed by atoms with Crippen LogP contribution in [0.25, 0.3) is 0 Å². The highest BCUT2D eigenvalue weighted by Gasteiger charge is 2.29. The molecule has 1 rings (SSSR count). The predicted octanol–water partition coefficient (Wildman–Crippen LogP) is 1.60. The Balaban J connectivity index is 2.48. The smallest absolute Gasteiger partial charge is 0.153 e. The molecule has 0 fully saturated rings. The molecular formula is C12H19NO2S. The van der Waals surface area contributed by atoms with Crippen LogP contribution in [0.2, 0.25) is 0 Å². The molecule has 90 valence electrons. The van der Waals surface area contributed by atoms with Gasteiger partial charge in [0.05, 0.1) is 4.75 Å². The highest BCUT2D eigenvalue weighted by atomic mass is 32.2. The van der Waals surface area contributed by atoms with Gasteiger partial charge in [-0.1, -0.05) is 30.3 Å². The first-order valence-electron chi connectivity index (χ1n) is 5.27. The molecule has 16 heavy (non-hydrogen) atoms. The van der Waals surface area contributed by atoms with Crippen molar-refractivity contribution in [2.24, 2.45) is 0 Å². The van der Waals surface area contributed by atoms with E-state index < -0.39 is 14.6 Å². The second kappa shape index (κ2) is 4.97. The molecule has 0 aliphatic carbocycles. The number of rotatable bonds is 5. The summed E-state index contributed by atoms with van der Waals surface area (Å²) in [7, 11) is -3.02. The fraction of sp³-hybridized carbons (Fsp3) is 0.500. The normalized spacial score (nSPS) is 12.7. The monoisotopic (exact) mass is 241 g/mol. The third kappa shape index (κ3) is 3.61. The van der Waals surface area contributed by atoms with Crippen LogP contribution in [0.3, 0.4) is 0 Å². The van der Waals surface area contributed by atoms with E-state index in [1.807, 2.05) is 30.3 Å². The molecule has 0 bridgehead atoms. The number of benzene rings is 1. The Morgan fingerprint density at radius 2 is 1.75 bits per heavy atom. The number of nitrogens with one attached hydrogen (secondary N) is 1. The van der Waals surface area contributed by atoms with Crippen LogP contribution in [0.1, 0.15) is 19.4 Å². The van der Waals surface area contributed by atoms with Crippen molar-refractivity contribution in [3.63, 3.8) is 0 Å². The second-order valence-electron chi connectivity index (χ2n) is 4.62. The van der Waals surface area contributed by atoms with Crippen LogP contribution in [-0.4, -0.2) is 26.0 Å². The zero-order chi connectivity index (χ0) is 12.2. The van der Waals surface area contributed by atoms with Crippen molar-refractivity contribution in [1.82, 2.24) is 5.32 Å². The molecule has 3 nitrogen and oxygen atoms in total. The van der Waals surface area contributed by atoms with E-state index in [2.05, 4.69) is 5.32 Å². The molecule has 0 aliphatic heterocycles. The summed E-state index contributed by atoms with van der Waals surface area (Å²) in [4.78, 5) is 0. The highest BCUT2D eigenvalue weighted by Crippen LogP contribution is 2.13. The summed E-state index contributed by atoms with van der Waals surface area (Å²) in [5.41, 5.74) is 1.16. The minimum atomic E-state index is -3.02. The van der Waals surface area contributed by atoms with Gasteiger partial charge in [0, 0.05) is 19.3 Å². The lowest BCUT2D eigenvalue weighted by Gasteiger charge is -2.22. The first-order chi connectivity index (χ1) is 7.33. The van der Waals surface area contributed by atoms with Gasteiger partial charge in [0.25, 0.3) is 0 Å². The Hall–Kier alpha value is -0.870. The maximum atomic E-state index is 11.5. The van der Waals surface area contributed by atoms with Crippen LogP contribution in [0, 0.1) is 0 Å². The molecule has 4 heteroatoms. The molecule has 0 amide bonds. The molecular weight excluding hydrogens is 222 g/mol. The van der Waals surface area contributed by atoms with Crippen molar-refractivity contribution in [3.8, 4) is 0 Å². The molecule has 0 radical (unpaired) electrons. The van der Waals surface area contributed by atoms with Gasteiger partial charge in [-0.25, -0.2) is 8.42 Å². The van der Waals surface area contributed by atoms with Gasteiger partial charge < -0.3 is 5.32 Å². The predicted molar refractivity (Wildman–Crippen MR) is 67.1 cm³/mol. The lowest BCUT2D eigenvalue weighted by molar-refractivity contribution is 0.521. The van der Waals surface area contributed by atoms with Gasteiger partial charge in [0.1, 0.15) is 0 Å². The van der Waals surface area contributed by atoms with E-state index >= 15 is 0 Å². The van der Waals surface area contributed by atoms with Gasteiger partial charge in [0.2, 0.25) is 0 Å². The Morgan fingerprint density at radius 3 is 2.25 bits per heavy atom. The van der Waals surface area contributed by atoms with E-state index in [0.717, 1.165) is 5.56 Å². The fourth-order valence-electron chi connectivity index (χ4n) is 1.23. The van der Waals surface area contributed by atoms with E-state index in [9.17, 15) is 8.42 Å². The third-order valence-corrected chi connectivity index (χ3v) is 4.88. The molecule has 0 heterocycles. The Morgan fingerprint density at radius 1 is 1.19 bits per heavy atom. The number of sulfone groups is 1. The zero-order valence-electron chi connectivity index (χ0n) is 10.0. The minimum Gasteiger partial charge on any atom is -0.311 e. The quantitative estimate of drug-likeness (QED) is 0.851. The summed E-state index contributed by atoms with van der Waals surface area (Å²) in [5, 5.41) is 3.17. The van der Waals surface area contributed by atoms with E-state index in [1.54, 1.807) is 13.8 Å². The van der Waals surface area contributed by atoms with Crippen LogP contribution < -0.4 is 5.32 Å². The largest absolute Gasteiger partial charge is 0.311 e.